The van der Waals surface area contributed by atoms with Crippen molar-refractivity contribution in [3.8, 4) is 0 Å². The number of fused-ring (bicyclic) bond motifs is 1. The molecule has 2 rings (SSSR count). The number of aromatic amines is 1. The van der Waals surface area contributed by atoms with E-state index in [0.29, 0.717) is 5.56 Å². The molecule has 0 fully saturated rings. The molecule has 0 unspecified atom stereocenters. The number of hydrogen-bond donors (Lipinski definition) is 1. The van der Waals surface area contributed by atoms with Gasteiger partial charge in [-0.2, -0.15) is 0 Å². The van der Waals surface area contributed by atoms with Crippen LogP contribution in [-0.4, -0.2) is 4.98 Å². The van der Waals surface area contributed by atoms with Crippen molar-refractivity contribution in [1.29, 1.82) is 0 Å². The highest BCUT2D eigenvalue weighted by atomic mass is 79.9. The molecule has 0 aliphatic carbocycles. The fourth-order valence-corrected chi connectivity index (χ4v) is 2.09. The SMILES string of the molecule is CC(C)(F)c1c[nH]c2c(Br)cccc12. The monoisotopic (exact) mass is 255 g/mol. The van der Waals surface area contributed by atoms with Gasteiger partial charge >= 0.3 is 0 Å². The molecule has 1 heterocycles. The van der Waals surface area contributed by atoms with Crippen LogP contribution in [0.15, 0.2) is 28.9 Å². The number of rotatable bonds is 1. The standard InChI is InChI=1S/C11H11BrFN/c1-11(2,13)8-6-14-10-7(8)4-3-5-9(10)12/h3-6,14H,1-2H3. The number of nitrogens with one attached hydrogen (secondary N) is 1. The van der Waals surface area contributed by atoms with Crippen LogP contribution in [0.5, 0.6) is 0 Å². The lowest BCUT2D eigenvalue weighted by Crippen LogP contribution is -2.07. The van der Waals surface area contributed by atoms with Crippen LogP contribution in [-0.2, 0) is 5.67 Å². The van der Waals surface area contributed by atoms with Crippen molar-refractivity contribution in [2.75, 3.05) is 0 Å². The fraction of sp³-hybridized carbons (Fsp3) is 0.273. The molecular weight excluding hydrogens is 245 g/mol. The molecule has 0 spiro atoms. The molecule has 14 heavy (non-hydrogen) atoms. The van der Waals surface area contributed by atoms with Crippen molar-refractivity contribution < 1.29 is 4.39 Å². The highest BCUT2D eigenvalue weighted by Crippen LogP contribution is 2.33. The molecule has 3 heteroatoms. The van der Waals surface area contributed by atoms with E-state index in [9.17, 15) is 4.39 Å². The van der Waals surface area contributed by atoms with Crippen molar-refractivity contribution >= 4 is 26.8 Å². The van der Waals surface area contributed by atoms with Gasteiger partial charge in [0.05, 0.1) is 5.52 Å². The van der Waals surface area contributed by atoms with Gasteiger partial charge in [0.2, 0.25) is 0 Å². The largest absolute Gasteiger partial charge is 0.360 e. The van der Waals surface area contributed by atoms with Crippen LogP contribution in [0.2, 0.25) is 0 Å². The second-order valence-corrected chi connectivity index (χ2v) is 4.69. The summed E-state index contributed by atoms with van der Waals surface area (Å²) in [6.07, 6.45) is 1.73. The van der Waals surface area contributed by atoms with Gasteiger partial charge in [0, 0.05) is 21.6 Å². The minimum Gasteiger partial charge on any atom is -0.360 e. The molecule has 1 nitrogen and oxygen atoms in total. The van der Waals surface area contributed by atoms with E-state index in [1.165, 1.54) is 0 Å². The van der Waals surface area contributed by atoms with Crippen LogP contribution in [0.4, 0.5) is 4.39 Å². The first-order chi connectivity index (χ1) is 6.50. The van der Waals surface area contributed by atoms with Gasteiger partial charge in [-0.1, -0.05) is 12.1 Å². The van der Waals surface area contributed by atoms with E-state index in [2.05, 4.69) is 20.9 Å². The van der Waals surface area contributed by atoms with E-state index in [1.807, 2.05) is 18.2 Å². The minimum atomic E-state index is -1.31. The van der Waals surface area contributed by atoms with Crippen molar-refractivity contribution in [2.45, 2.75) is 19.5 Å². The molecule has 0 bridgehead atoms. The summed E-state index contributed by atoms with van der Waals surface area (Å²) in [5, 5.41) is 0.937. The van der Waals surface area contributed by atoms with Gasteiger partial charge in [-0.3, -0.25) is 0 Å². The lowest BCUT2D eigenvalue weighted by Gasteiger charge is -2.12. The van der Waals surface area contributed by atoms with Crippen LogP contribution in [0.25, 0.3) is 10.9 Å². The van der Waals surface area contributed by atoms with Crippen LogP contribution in [0.1, 0.15) is 19.4 Å². The molecule has 74 valence electrons. The Morgan fingerprint density at radius 1 is 1.36 bits per heavy atom. The van der Waals surface area contributed by atoms with Crippen molar-refractivity contribution in [3.05, 3.63) is 34.4 Å². The van der Waals surface area contributed by atoms with Crippen LogP contribution in [0.3, 0.4) is 0 Å². The summed E-state index contributed by atoms with van der Waals surface area (Å²) in [6, 6.07) is 5.77. The predicted octanol–water partition coefficient (Wildman–Crippen LogP) is 4.14. The first kappa shape index (κ1) is 9.71. The normalized spacial score (nSPS) is 12.3. The maximum absolute atomic E-state index is 13.8. The Kier molecular flexibility index (Phi) is 2.14. The summed E-state index contributed by atoms with van der Waals surface area (Å²) in [7, 11) is 0. The smallest absolute Gasteiger partial charge is 0.132 e. The summed E-state index contributed by atoms with van der Waals surface area (Å²) in [5.74, 6) is 0. The van der Waals surface area contributed by atoms with E-state index in [0.717, 1.165) is 15.4 Å². The molecule has 0 aliphatic rings. The van der Waals surface area contributed by atoms with Gasteiger partial charge in [0.15, 0.2) is 0 Å². The Hall–Kier alpha value is -0.830. The molecule has 2 aromatic rings. The Morgan fingerprint density at radius 3 is 2.71 bits per heavy atom. The number of H-pyrrole nitrogens is 1. The van der Waals surface area contributed by atoms with Gasteiger partial charge in [0.1, 0.15) is 5.67 Å². The third kappa shape index (κ3) is 1.46. The Balaban J connectivity index is 2.76. The molecule has 0 atom stereocenters. The Labute approximate surface area is 90.5 Å². The summed E-state index contributed by atoms with van der Waals surface area (Å²) in [6.45, 7) is 3.13. The summed E-state index contributed by atoms with van der Waals surface area (Å²) in [5.41, 5.74) is 0.348. The molecule has 0 saturated carbocycles. The predicted molar refractivity (Wildman–Crippen MR) is 60.1 cm³/mol. The first-order valence-corrected chi connectivity index (χ1v) is 5.24. The maximum atomic E-state index is 13.8. The third-order valence-electron chi connectivity index (χ3n) is 2.31. The van der Waals surface area contributed by atoms with E-state index in [4.69, 9.17) is 0 Å². The first-order valence-electron chi connectivity index (χ1n) is 4.45. The summed E-state index contributed by atoms with van der Waals surface area (Å²) >= 11 is 3.42. The zero-order valence-corrected chi connectivity index (χ0v) is 9.65. The highest BCUT2D eigenvalue weighted by Gasteiger charge is 2.22. The van der Waals surface area contributed by atoms with Gasteiger partial charge in [0.25, 0.3) is 0 Å². The number of hydrogen-bond acceptors (Lipinski definition) is 0. The summed E-state index contributed by atoms with van der Waals surface area (Å²) in [4.78, 5) is 3.08. The van der Waals surface area contributed by atoms with Gasteiger partial charge in [-0.15, -0.1) is 0 Å². The Morgan fingerprint density at radius 2 is 2.07 bits per heavy atom. The number of alkyl halides is 1. The second kappa shape index (κ2) is 3.09. The van der Waals surface area contributed by atoms with Crippen LogP contribution >= 0.6 is 15.9 Å². The summed E-state index contributed by atoms with van der Waals surface area (Å²) < 4.78 is 14.7. The maximum Gasteiger partial charge on any atom is 0.132 e. The zero-order chi connectivity index (χ0) is 10.3. The lowest BCUT2D eigenvalue weighted by atomic mass is 10.00. The van der Waals surface area contributed by atoms with Crippen molar-refractivity contribution in [1.82, 2.24) is 4.98 Å². The number of aromatic nitrogens is 1. The lowest BCUT2D eigenvalue weighted by molar-refractivity contribution is 0.224. The average Bonchev–Trinajstić information content (AvgIpc) is 2.47. The second-order valence-electron chi connectivity index (χ2n) is 3.84. The molecule has 1 N–H and O–H groups in total. The molecule has 1 aromatic heterocycles. The van der Waals surface area contributed by atoms with Crippen molar-refractivity contribution in [2.24, 2.45) is 0 Å². The van der Waals surface area contributed by atoms with E-state index >= 15 is 0 Å². The zero-order valence-electron chi connectivity index (χ0n) is 8.07. The van der Waals surface area contributed by atoms with Gasteiger partial charge < -0.3 is 4.98 Å². The number of halogens is 2. The van der Waals surface area contributed by atoms with Crippen LogP contribution in [0, 0.1) is 0 Å². The molecule has 0 aliphatic heterocycles. The van der Waals surface area contributed by atoms with Crippen molar-refractivity contribution in [3.63, 3.8) is 0 Å². The quantitative estimate of drug-likeness (QED) is 0.789. The minimum absolute atomic E-state index is 0.703. The molecule has 1 aromatic carbocycles. The highest BCUT2D eigenvalue weighted by molar-refractivity contribution is 9.10. The third-order valence-corrected chi connectivity index (χ3v) is 2.97. The van der Waals surface area contributed by atoms with Gasteiger partial charge in [-0.25, -0.2) is 4.39 Å². The van der Waals surface area contributed by atoms with E-state index < -0.39 is 5.67 Å². The van der Waals surface area contributed by atoms with Crippen LogP contribution < -0.4 is 0 Å². The topological polar surface area (TPSA) is 15.8 Å². The molecule has 0 radical (unpaired) electrons. The molecule has 0 saturated heterocycles. The van der Waals surface area contributed by atoms with Gasteiger partial charge in [-0.05, 0) is 35.8 Å². The Bertz CT molecular complexity index is 468. The number of para-hydroxylation sites is 1. The average molecular weight is 256 g/mol. The number of benzene rings is 1. The van der Waals surface area contributed by atoms with E-state index in [1.54, 1.807) is 20.0 Å². The molecule has 0 amide bonds. The molecular formula is C11H11BrFN. The van der Waals surface area contributed by atoms with E-state index in [-0.39, 0.29) is 0 Å². The fourth-order valence-electron chi connectivity index (χ4n) is 1.61.